The molecule has 2 amide bonds. The maximum absolute atomic E-state index is 13.4. The van der Waals surface area contributed by atoms with Gasteiger partial charge in [0.25, 0.3) is 5.91 Å². The van der Waals surface area contributed by atoms with Gasteiger partial charge in [-0.25, -0.2) is 4.39 Å². The molecule has 0 unspecified atom stereocenters. The molecule has 0 atom stereocenters. The van der Waals surface area contributed by atoms with Crippen LogP contribution in [0.25, 0.3) is 0 Å². The molecule has 108 valence electrons. The minimum atomic E-state index is -0.539. The summed E-state index contributed by atoms with van der Waals surface area (Å²) in [6, 6.07) is 12.4. The number of amides is 2. The van der Waals surface area contributed by atoms with Gasteiger partial charge in [-0.3, -0.25) is 20.4 Å². The van der Waals surface area contributed by atoms with Crippen LogP contribution in [0.4, 0.5) is 4.39 Å². The first kappa shape index (κ1) is 15.0. The number of rotatable bonds is 3. The Balaban J connectivity index is 1.91. The molecule has 2 rings (SSSR count). The fourth-order valence-electron chi connectivity index (χ4n) is 1.70. The van der Waals surface area contributed by atoms with E-state index in [0.717, 1.165) is 0 Å². The highest BCUT2D eigenvalue weighted by Crippen LogP contribution is 2.14. The van der Waals surface area contributed by atoms with E-state index < -0.39 is 17.6 Å². The molecule has 0 saturated carbocycles. The normalized spacial score (nSPS) is 10.0. The topological polar surface area (TPSA) is 58.2 Å². The van der Waals surface area contributed by atoms with Crippen LogP contribution in [0.3, 0.4) is 0 Å². The number of carbonyl (C=O) groups excluding carboxylic acids is 2. The summed E-state index contributed by atoms with van der Waals surface area (Å²) in [4.78, 5) is 23.5. The van der Waals surface area contributed by atoms with Gasteiger partial charge in [-0.1, -0.05) is 41.9 Å². The zero-order chi connectivity index (χ0) is 15.2. The average molecular weight is 307 g/mol. The molecule has 2 N–H and O–H groups in total. The molecule has 0 heterocycles. The minimum Gasteiger partial charge on any atom is -0.273 e. The summed E-state index contributed by atoms with van der Waals surface area (Å²) >= 11 is 5.86. The van der Waals surface area contributed by atoms with Crippen LogP contribution >= 0.6 is 11.6 Å². The summed E-state index contributed by atoms with van der Waals surface area (Å²) in [5, 5.41) is 0.276. The van der Waals surface area contributed by atoms with Gasteiger partial charge in [0.15, 0.2) is 0 Å². The van der Waals surface area contributed by atoms with E-state index >= 15 is 0 Å². The van der Waals surface area contributed by atoms with E-state index in [4.69, 9.17) is 11.6 Å². The van der Waals surface area contributed by atoms with Gasteiger partial charge in [-0.15, -0.1) is 0 Å². The second-order valence-corrected chi connectivity index (χ2v) is 4.66. The van der Waals surface area contributed by atoms with Crippen molar-refractivity contribution in [3.8, 4) is 0 Å². The summed E-state index contributed by atoms with van der Waals surface area (Å²) in [5.41, 5.74) is 4.95. The van der Waals surface area contributed by atoms with Gasteiger partial charge in [0.2, 0.25) is 5.91 Å². The smallest absolute Gasteiger partial charge is 0.271 e. The molecule has 0 fully saturated rings. The van der Waals surface area contributed by atoms with Crippen molar-refractivity contribution in [3.05, 3.63) is 70.5 Å². The predicted octanol–water partition coefficient (Wildman–Crippen LogP) is 2.48. The fraction of sp³-hybridized carbons (Fsp3) is 0.0667. The second kappa shape index (κ2) is 6.85. The molecule has 2 aromatic rings. The van der Waals surface area contributed by atoms with E-state index in [1.807, 2.05) is 0 Å². The summed E-state index contributed by atoms with van der Waals surface area (Å²) < 4.78 is 13.4. The Kier molecular flexibility index (Phi) is 4.90. The Labute approximate surface area is 125 Å². The number of carbonyl (C=O) groups is 2. The molecular weight excluding hydrogens is 295 g/mol. The van der Waals surface area contributed by atoms with Crippen molar-refractivity contribution in [1.29, 1.82) is 0 Å². The molecule has 0 aliphatic heterocycles. The summed E-state index contributed by atoms with van der Waals surface area (Å²) in [6.07, 6.45) is -0.171. The Morgan fingerprint density at radius 3 is 2.38 bits per heavy atom. The minimum absolute atomic E-state index is 0.171. The van der Waals surface area contributed by atoms with Crippen LogP contribution in [0.15, 0.2) is 48.5 Å². The predicted molar refractivity (Wildman–Crippen MR) is 77.2 cm³/mol. The van der Waals surface area contributed by atoms with Gasteiger partial charge in [0.1, 0.15) is 5.82 Å². The third kappa shape index (κ3) is 4.03. The summed E-state index contributed by atoms with van der Waals surface area (Å²) in [6.45, 7) is 0. The SMILES string of the molecule is O=C(Cc1ccccc1F)NNC(=O)c1ccccc1Cl. The van der Waals surface area contributed by atoms with E-state index in [0.29, 0.717) is 0 Å². The largest absolute Gasteiger partial charge is 0.273 e. The lowest BCUT2D eigenvalue weighted by atomic mass is 10.1. The molecule has 6 heteroatoms. The second-order valence-electron chi connectivity index (χ2n) is 4.25. The first-order valence-electron chi connectivity index (χ1n) is 6.15. The molecule has 0 radical (unpaired) electrons. The number of hydrogen-bond donors (Lipinski definition) is 2. The first-order chi connectivity index (χ1) is 10.1. The molecule has 0 aromatic heterocycles. The highest BCUT2D eigenvalue weighted by atomic mass is 35.5. The molecule has 0 aliphatic carbocycles. The van der Waals surface area contributed by atoms with Crippen LogP contribution in [0.2, 0.25) is 5.02 Å². The van der Waals surface area contributed by atoms with Crippen molar-refractivity contribution >= 4 is 23.4 Å². The number of hydrazine groups is 1. The number of halogens is 2. The first-order valence-corrected chi connectivity index (χ1v) is 6.53. The zero-order valence-corrected chi connectivity index (χ0v) is 11.7. The van der Waals surface area contributed by atoms with Gasteiger partial charge >= 0.3 is 0 Å². The molecule has 0 spiro atoms. The lowest BCUT2D eigenvalue weighted by Gasteiger charge is -2.08. The van der Waals surface area contributed by atoms with Gasteiger partial charge in [0, 0.05) is 0 Å². The average Bonchev–Trinajstić information content (AvgIpc) is 2.48. The van der Waals surface area contributed by atoms with Crippen LogP contribution in [0, 0.1) is 5.82 Å². The van der Waals surface area contributed by atoms with Gasteiger partial charge in [-0.2, -0.15) is 0 Å². The van der Waals surface area contributed by atoms with E-state index in [9.17, 15) is 14.0 Å². The summed E-state index contributed by atoms with van der Waals surface area (Å²) in [5.74, 6) is -1.53. The van der Waals surface area contributed by atoms with E-state index in [1.165, 1.54) is 24.3 Å². The molecule has 0 aliphatic rings. The lowest BCUT2D eigenvalue weighted by molar-refractivity contribution is -0.121. The molecule has 2 aromatic carbocycles. The van der Waals surface area contributed by atoms with E-state index in [-0.39, 0.29) is 22.6 Å². The van der Waals surface area contributed by atoms with Crippen LogP contribution in [-0.2, 0) is 11.2 Å². The highest BCUT2D eigenvalue weighted by molar-refractivity contribution is 6.33. The highest BCUT2D eigenvalue weighted by Gasteiger charge is 2.11. The molecule has 0 saturated heterocycles. The van der Waals surface area contributed by atoms with Crippen LogP contribution in [0.5, 0.6) is 0 Å². The summed E-state index contributed by atoms with van der Waals surface area (Å²) in [7, 11) is 0. The van der Waals surface area contributed by atoms with Crippen molar-refractivity contribution in [2.24, 2.45) is 0 Å². The van der Waals surface area contributed by atoms with E-state index in [1.54, 1.807) is 24.3 Å². The number of nitrogens with one attached hydrogen (secondary N) is 2. The van der Waals surface area contributed by atoms with E-state index in [2.05, 4.69) is 10.9 Å². The van der Waals surface area contributed by atoms with Crippen LogP contribution < -0.4 is 10.9 Å². The maximum atomic E-state index is 13.4. The van der Waals surface area contributed by atoms with Gasteiger partial charge in [0.05, 0.1) is 17.0 Å². The fourth-order valence-corrected chi connectivity index (χ4v) is 1.92. The lowest BCUT2D eigenvalue weighted by Crippen LogP contribution is -2.42. The Morgan fingerprint density at radius 1 is 1.00 bits per heavy atom. The van der Waals surface area contributed by atoms with Gasteiger partial charge < -0.3 is 0 Å². The quantitative estimate of drug-likeness (QED) is 0.856. The standard InChI is InChI=1S/C15H12ClFN2O2/c16-12-7-3-2-6-11(12)15(21)19-18-14(20)9-10-5-1-4-8-13(10)17/h1-8H,9H2,(H,18,20)(H,19,21). The third-order valence-electron chi connectivity index (χ3n) is 2.74. The van der Waals surface area contributed by atoms with Crippen molar-refractivity contribution < 1.29 is 14.0 Å². The van der Waals surface area contributed by atoms with Crippen molar-refractivity contribution in [2.75, 3.05) is 0 Å². The maximum Gasteiger partial charge on any atom is 0.271 e. The Morgan fingerprint density at radius 2 is 1.67 bits per heavy atom. The van der Waals surface area contributed by atoms with Crippen molar-refractivity contribution in [2.45, 2.75) is 6.42 Å². The molecule has 4 nitrogen and oxygen atoms in total. The Hall–Kier alpha value is -2.40. The number of hydrogen-bond acceptors (Lipinski definition) is 2. The monoisotopic (exact) mass is 306 g/mol. The zero-order valence-electron chi connectivity index (χ0n) is 10.9. The van der Waals surface area contributed by atoms with Crippen LogP contribution in [0.1, 0.15) is 15.9 Å². The number of benzene rings is 2. The van der Waals surface area contributed by atoms with Crippen molar-refractivity contribution in [1.82, 2.24) is 10.9 Å². The van der Waals surface area contributed by atoms with Crippen molar-refractivity contribution in [3.63, 3.8) is 0 Å². The molecule has 0 bridgehead atoms. The Bertz CT molecular complexity index is 676. The molecular formula is C15H12ClFN2O2. The molecule has 21 heavy (non-hydrogen) atoms. The van der Waals surface area contributed by atoms with Gasteiger partial charge in [-0.05, 0) is 23.8 Å². The van der Waals surface area contributed by atoms with Crippen LogP contribution in [-0.4, -0.2) is 11.8 Å². The third-order valence-corrected chi connectivity index (χ3v) is 3.07.